The molecule has 2 aromatic rings. The average molecular weight is 367 g/mol. The molecule has 0 saturated carbocycles. The van der Waals surface area contributed by atoms with Gasteiger partial charge in [0.25, 0.3) is 5.69 Å². The number of benzene rings is 1. The molecule has 1 atom stereocenters. The number of nitrogens with zero attached hydrogens (tertiary/aromatic N) is 3. The molecule has 0 spiro atoms. The molecule has 7 heteroatoms. The van der Waals surface area contributed by atoms with E-state index in [0.717, 1.165) is 22.3 Å². The Balaban J connectivity index is 2.20. The summed E-state index contributed by atoms with van der Waals surface area (Å²) in [4.78, 5) is 10.7. The standard InChI is InChI=1S/C15H19BrN4O2/c1-9(7-13-10(2)18-19(4)11(13)3)17-14-8-12(16)5-6-15(14)20(21)22/h5-6,8-9,17H,7H2,1-4H3. The SMILES string of the molecule is Cc1nn(C)c(C)c1CC(C)Nc1cc(Br)ccc1[N+](=O)[O-]. The first kappa shape index (κ1) is 16.5. The molecule has 0 aliphatic rings. The van der Waals surface area contributed by atoms with Crippen LogP contribution in [0.4, 0.5) is 11.4 Å². The molecule has 1 aromatic heterocycles. The fourth-order valence-corrected chi connectivity index (χ4v) is 2.88. The van der Waals surface area contributed by atoms with Crippen LogP contribution in [0.3, 0.4) is 0 Å². The number of halogens is 1. The number of rotatable bonds is 5. The summed E-state index contributed by atoms with van der Waals surface area (Å²) >= 11 is 3.35. The number of nitro benzene ring substituents is 1. The van der Waals surface area contributed by atoms with Crippen LogP contribution in [0, 0.1) is 24.0 Å². The Morgan fingerprint density at radius 3 is 2.68 bits per heavy atom. The molecule has 0 fully saturated rings. The van der Waals surface area contributed by atoms with Crippen molar-refractivity contribution in [2.24, 2.45) is 7.05 Å². The topological polar surface area (TPSA) is 73.0 Å². The Morgan fingerprint density at radius 1 is 1.45 bits per heavy atom. The summed E-state index contributed by atoms with van der Waals surface area (Å²) in [6.45, 7) is 6.02. The molecule has 1 heterocycles. The van der Waals surface area contributed by atoms with E-state index in [9.17, 15) is 10.1 Å². The van der Waals surface area contributed by atoms with Crippen molar-refractivity contribution < 1.29 is 4.92 Å². The number of hydrogen-bond donors (Lipinski definition) is 1. The fourth-order valence-electron chi connectivity index (χ4n) is 2.52. The molecule has 0 aliphatic heterocycles. The minimum absolute atomic E-state index is 0.0506. The Bertz CT molecular complexity index is 712. The molecule has 1 unspecified atom stereocenters. The zero-order chi connectivity index (χ0) is 16.4. The van der Waals surface area contributed by atoms with E-state index in [1.54, 1.807) is 12.1 Å². The molecule has 0 saturated heterocycles. The number of hydrogen-bond acceptors (Lipinski definition) is 4. The van der Waals surface area contributed by atoms with Crippen molar-refractivity contribution in [3.8, 4) is 0 Å². The highest BCUT2D eigenvalue weighted by Gasteiger charge is 2.18. The van der Waals surface area contributed by atoms with Gasteiger partial charge in [0.1, 0.15) is 5.69 Å². The number of nitrogens with one attached hydrogen (secondary N) is 1. The monoisotopic (exact) mass is 366 g/mol. The second-order valence-electron chi connectivity index (χ2n) is 5.44. The van der Waals surface area contributed by atoms with Crippen molar-refractivity contribution in [2.75, 3.05) is 5.32 Å². The first-order valence-corrected chi connectivity index (χ1v) is 7.78. The van der Waals surface area contributed by atoms with Crippen LogP contribution in [0.1, 0.15) is 23.9 Å². The van der Waals surface area contributed by atoms with Gasteiger partial charge < -0.3 is 5.32 Å². The first-order chi connectivity index (χ1) is 10.3. The molecular weight excluding hydrogens is 348 g/mol. The van der Waals surface area contributed by atoms with E-state index < -0.39 is 0 Å². The lowest BCUT2D eigenvalue weighted by atomic mass is 10.0. The highest BCUT2D eigenvalue weighted by Crippen LogP contribution is 2.29. The third-order valence-corrected chi connectivity index (χ3v) is 4.22. The van der Waals surface area contributed by atoms with Gasteiger partial charge in [-0.25, -0.2) is 0 Å². The maximum atomic E-state index is 11.1. The van der Waals surface area contributed by atoms with Crippen molar-refractivity contribution in [3.05, 3.63) is 49.7 Å². The summed E-state index contributed by atoms with van der Waals surface area (Å²) in [5.74, 6) is 0. The van der Waals surface area contributed by atoms with Crippen LogP contribution < -0.4 is 5.32 Å². The number of aryl methyl sites for hydroxylation is 2. The van der Waals surface area contributed by atoms with Gasteiger partial charge in [0, 0.05) is 29.3 Å². The fraction of sp³-hybridized carbons (Fsp3) is 0.400. The summed E-state index contributed by atoms with van der Waals surface area (Å²) in [7, 11) is 1.92. The van der Waals surface area contributed by atoms with Crippen molar-refractivity contribution in [1.29, 1.82) is 0 Å². The summed E-state index contributed by atoms with van der Waals surface area (Å²) in [5, 5.41) is 18.8. The Morgan fingerprint density at radius 2 is 2.14 bits per heavy atom. The molecule has 1 aromatic carbocycles. The normalized spacial score (nSPS) is 12.2. The third-order valence-electron chi connectivity index (χ3n) is 3.73. The van der Waals surface area contributed by atoms with Crippen LogP contribution in [0.25, 0.3) is 0 Å². The third kappa shape index (κ3) is 3.47. The zero-order valence-corrected chi connectivity index (χ0v) is 14.6. The van der Waals surface area contributed by atoms with Crippen LogP contribution in [0.2, 0.25) is 0 Å². The smallest absolute Gasteiger partial charge is 0.292 e. The van der Waals surface area contributed by atoms with Crippen LogP contribution in [-0.2, 0) is 13.5 Å². The lowest BCUT2D eigenvalue weighted by molar-refractivity contribution is -0.384. The maximum absolute atomic E-state index is 11.1. The van der Waals surface area contributed by atoms with Crippen molar-refractivity contribution in [3.63, 3.8) is 0 Å². The maximum Gasteiger partial charge on any atom is 0.292 e. The van der Waals surface area contributed by atoms with E-state index in [2.05, 4.69) is 26.3 Å². The van der Waals surface area contributed by atoms with Gasteiger partial charge >= 0.3 is 0 Å². The van der Waals surface area contributed by atoms with E-state index in [4.69, 9.17) is 0 Å². The molecule has 118 valence electrons. The largest absolute Gasteiger partial charge is 0.377 e. The van der Waals surface area contributed by atoms with Crippen molar-refractivity contribution >= 4 is 27.3 Å². The Hall–Kier alpha value is -1.89. The minimum Gasteiger partial charge on any atom is -0.377 e. The molecule has 0 radical (unpaired) electrons. The van der Waals surface area contributed by atoms with Gasteiger partial charge in [0.15, 0.2) is 0 Å². The van der Waals surface area contributed by atoms with Gasteiger partial charge in [0.05, 0.1) is 10.6 Å². The van der Waals surface area contributed by atoms with Gasteiger partial charge in [-0.3, -0.25) is 14.8 Å². The minimum atomic E-state index is -0.373. The molecule has 2 rings (SSSR count). The second-order valence-corrected chi connectivity index (χ2v) is 6.36. The highest BCUT2D eigenvalue weighted by atomic mass is 79.9. The molecule has 0 amide bonds. The predicted octanol–water partition coefficient (Wildman–Crippen LogP) is 3.75. The molecule has 1 N–H and O–H groups in total. The van der Waals surface area contributed by atoms with Crippen LogP contribution in [0.5, 0.6) is 0 Å². The van der Waals surface area contributed by atoms with E-state index in [1.165, 1.54) is 11.6 Å². The van der Waals surface area contributed by atoms with E-state index in [1.807, 2.05) is 32.5 Å². The predicted molar refractivity (Wildman–Crippen MR) is 90.3 cm³/mol. The summed E-state index contributed by atoms with van der Waals surface area (Å²) in [6.07, 6.45) is 0.759. The van der Waals surface area contributed by atoms with Gasteiger partial charge in [-0.1, -0.05) is 15.9 Å². The van der Waals surface area contributed by atoms with Crippen LogP contribution >= 0.6 is 15.9 Å². The van der Waals surface area contributed by atoms with Crippen molar-refractivity contribution in [2.45, 2.75) is 33.2 Å². The summed E-state index contributed by atoms with van der Waals surface area (Å²) < 4.78 is 2.67. The molecular formula is C15H19BrN4O2. The zero-order valence-electron chi connectivity index (χ0n) is 13.1. The average Bonchev–Trinajstić information content (AvgIpc) is 2.65. The molecule has 22 heavy (non-hydrogen) atoms. The molecule has 0 bridgehead atoms. The Labute approximate surface area is 137 Å². The van der Waals surface area contributed by atoms with Crippen LogP contribution in [0.15, 0.2) is 22.7 Å². The van der Waals surface area contributed by atoms with Gasteiger partial charge in [-0.05, 0) is 44.9 Å². The highest BCUT2D eigenvalue weighted by molar-refractivity contribution is 9.10. The van der Waals surface area contributed by atoms with Gasteiger partial charge in [-0.2, -0.15) is 5.10 Å². The first-order valence-electron chi connectivity index (χ1n) is 6.99. The van der Waals surface area contributed by atoms with E-state index in [0.29, 0.717) is 5.69 Å². The molecule has 0 aliphatic carbocycles. The van der Waals surface area contributed by atoms with Gasteiger partial charge in [0.2, 0.25) is 0 Å². The second kappa shape index (κ2) is 6.48. The van der Waals surface area contributed by atoms with E-state index in [-0.39, 0.29) is 16.7 Å². The van der Waals surface area contributed by atoms with Gasteiger partial charge in [-0.15, -0.1) is 0 Å². The summed E-state index contributed by atoms with van der Waals surface area (Å²) in [6, 6.07) is 4.95. The lowest BCUT2D eigenvalue weighted by Crippen LogP contribution is -2.19. The van der Waals surface area contributed by atoms with Crippen LogP contribution in [-0.4, -0.2) is 20.7 Å². The quantitative estimate of drug-likeness (QED) is 0.645. The van der Waals surface area contributed by atoms with Crippen molar-refractivity contribution in [1.82, 2.24) is 9.78 Å². The lowest BCUT2D eigenvalue weighted by Gasteiger charge is -2.16. The van der Waals surface area contributed by atoms with E-state index >= 15 is 0 Å². The number of anilines is 1. The number of nitro groups is 1. The molecule has 6 nitrogen and oxygen atoms in total. The summed E-state index contributed by atoms with van der Waals surface area (Å²) in [5.41, 5.74) is 3.90. The number of aromatic nitrogens is 2. The Kier molecular flexibility index (Phi) is 4.85.